The first-order chi connectivity index (χ1) is 8.34. The molecule has 0 amide bonds. The van der Waals surface area contributed by atoms with Gasteiger partial charge >= 0.3 is 0 Å². The molecule has 0 aromatic carbocycles. The van der Waals surface area contributed by atoms with E-state index in [1.54, 1.807) is 11.3 Å². The summed E-state index contributed by atoms with van der Waals surface area (Å²) in [4.78, 5) is 3.48. The number of aliphatic hydroxyl groups is 1. The van der Waals surface area contributed by atoms with Gasteiger partial charge in [-0.2, -0.15) is 0 Å². The molecule has 1 aromatic heterocycles. The Hall–Kier alpha value is -0.460. The van der Waals surface area contributed by atoms with Crippen molar-refractivity contribution < 1.29 is 9.84 Å². The molecule has 2 rings (SSSR count). The summed E-state index contributed by atoms with van der Waals surface area (Å²) in [5.74, 6) is 0. The molecular weight excluding hydrogens is 236 g/mol. The van der Waals surface area contributed by atoms with E-state index in [2.05, 4.69) is 10.2 Å². The molecule has 1 saturated heterocycles. The first-order valence-electron chi connectivity index (χ1n) is 6.06. The van der Waals surface area contributed by atoms with Crippen LogP contribution in [0.4, 0.5) is 0 Å². The average Bonchev–Trinajstić information content (AvgIpc) is 2.83. The van der Waals surface area contributed by atoms with Gasteiger partial charge in [-0.05, 0) is 11.4 Å². The third kappa shape index (κ3) is 4.73. The summed E-state index contributed by atoms with van der Waals surface area (Å²) < 4.78 is 5.50. The van der Waals surface area contributed by atoms with Crippen molar-refractivity contribution >= 4 is 11.3 Å². The first kappa shape index (κ1) is 13.0. The molecule has 1 aliphatic heterocycles. The lowest BCUT2D eigenvalue weighted by Gasteiger charge is -2.28. The maximum Gasteiger partial charge on any atom is 0.0900 e. The minimum absolute atomic E-state index is 0.381. The highest BCUT2D eigenvalue weighted by molar-refractivity contribution is 7.09. The zero-order chi connectivity index (χ0) is 11.9. The minimum atomic E-state index is -0.381. The van der Waals surface area contributed by atoms with Crippen molar-refractivity contribution in [2.24, 2.45) is 0 Å². The Kier molecular flexibility index (Phi) is 5.41. The number of hydrogen-bond acceptors (Lipinski definition) is 5. The molecule has 96 valence electrons. The van der Waals surface area contributed by atoms with Gasteiger partial charge in [0.25, 0.3) is 0 Å². The Morgan fingerprint density at radius 2 is 2.29 bits per heavy atom. The Balaban J connectivity index is 1.58. The number of nitrogens with zero attached hydrogens (tertiary/aromatic N) is 1. The highest BCUT2D eigenvalue weighted by Gasteiger charge is 2.14. The predicted octanol–water partition coefficient (Wildman–Crippen LogP) is 0.531. The third-order valence-electron chi connectivity index (χ3n) is 2.81. The smallest absolute Gasteiger partial charge is 0.0900 e. The fourth-order valence-corrected chi connectivity index (χ4v) is 2.58. The van der Waals surface area contributed by atoms with E-state index in [9.17, 15) is 5.11 Å². The standard InChI is InChI=1S/C12H20N2O2S/c15-11(8-14-5-3-13-4-6-14)9-16-10-12-2-1-7-17-12/h1-2,7,11,13,15H,3-6,8-10H2. The van der Waals surface area contributed by atoms with Crippen molar-refractivity contribution in [3.63, 3.8) is 0 Å². The van der Waals surface area contributed by atoms with E-state index in [0.717, 1.165) is 26.2 Å². The average molecular weight is 256 g/mol. The topological polar surface area (TPSA) is 44.7 Å². The summed E-state index contributed by atoms with van der Waals surface area (Å²) in [7, 11) is 0. The normalized spacial score (nSPS) is 19.4. The summed E-state index contributed by atoms with van der Waals surface area (Å²) >= 11 is 1.68. The van der Waals surface area contributed by atoms with Crippen LogP contribution in [0.5, 0.6) is 0 Å². The van der Waals surface area contributed by atoms with Crippen molar-refractivity contribution in [1.82, 2.24) is 10.2 Å². The van der Waals surface area contributed by atoms with E-state index < -0.39 is 0 Å². The monoisotopic (exact) mass is 256 g/mol. The molecule has 0 spiro atoms. The number of aliphatic hydroxyl groups excluding tert-OH is 1. The van der Waals surface area contributed by atoms with Crippen molar-refractivity contribution in [1.29, 1.82) is 0 Å². The second kappa shape index (κ2) is 7.08. The summed E-state index contributed by atoms with van der Waals surface area (Å²) in [6, 6.07) is 4.06. The van der Waals surface area contributed by atoms with Crippen LogP contribution in [0.3, 0.4) is 0 Å². The van der Waals surface area contributed by atoms with Crippen LogP contribution in [0.2, 0.25) is 0 Å². The predicted molar refractivity (Wildman–Crippen MR) is 69.3 cm³/mol. The van der Waals surface area contributed by atoms with Crippen LogP contribution in [0.25, 0.3) is 0 Å². The minimum Gasteiger partial charge on any atom is -0.389 e. The molecule has 1 unspecified atom stereocenters. The lowest BCUT2D eigenvalue weighted by atomic mass is 10.3. The molecule has 1 aliphatic rings. The van der Waals surface area contributed by atoms with Crippen molar-refractivity contribution in [3.8, 4) is 0 Å². The Bertz CT molecular complexity index is 299. The molecule has 17 heavy (non-hydrogen) atoms. The Morgan fingerprint density at radius 1 is 1.47 bits per heavy atom. The molecule has 4 nitrogen and oxygen atoms in total. The molecule has 5 heteroatoms. The van der Waals surface area contributed by atoms with Crippen LogP contribution in [0, 0.1) is 0 Å². The maximum atomic E-state index is 9.85. The van der Waals surface area contributed by atoms with Gasteiger partial charge in [0.2, 0.25) is 0 Å². The Labute approximate surface area is 106 Å². The number of piperazine rings is 1. The number of rotatable bonds is 6. The molecule has 0 radical (unpaired) electrons. The van der Waals surface area contributed by atoms with Gasteiger partial charge in [-0.3, -0.25) is 4.90 Å². The van der Waals surface area contributed by atoms with Gasteiger partial charge < -0.3 is 15.2 Å². The fourth-order valence-electron chi connectivity index (χ4n) is 1.93. The van der Waals surface area contributed by atoms with E-state index in [-0.39, 0.29) is 6.10 Å². The van der Waals surface area contributed by atoms with E-state index in [4.69, 9.17) is 4.74 Å². The number of thiophene rings is 1. The van der Waals surface area contributed by atoms with Gasteiger partial charge in [0.1, 0.15) is 0 Å². The van der Waals surface area contributed by atoms with E-state index >= 15 is 0 Å². The van der Waals surface area contributed by atoms with Crippen LogP contribution >= 0.6 is 11.3 Å². The van der Waals surface area contributed by atoms with Crippen LogP contribution in [-0.2, 0) is 11.3 Å². The lowest BCUT2D eigenvalue weighted by Crippen LogP contribution is -2.47. The van der Waals surface area contributed by atoms with Gasteiger partial charge in [-0.25, -0.2) is 0 Å². The van der Waals surface area contributed by atoms with Crippen LogP contribution in [-0.4, -0.2) is 55.4 Å². The number of hydrogen-bond donors (Lipinski definition) is 2. The molecule has 1 atom stereocenters. The number of β-amino-alcohol motifs (C(OH)–C–C–N with tert-alkyl or cyclic N) is 1. The summed E-state index contributed by atoms with van der Waals surface area (Å²) in [6.07, 6.45) is -0.381. The highest BCUT2D eigenvalue weighted by atomic mass is 32.1. The SMILES string of the molecule is OC(COCc1cccs1)CN1CCNCC1. The maximum absolute atomic E-state index is 9.85. The van der Waals surface area contributed by atoms with Crippen molar-refractivity contribution in [2.75, 3.05) is 39.3 Å². The second-order valence-electron chi connectivity index (χ2n) is 4.30. The molecule has 0 saturated carbocycles. The molecule has 2 heterocycles. The summed E-state index contributed by atoms with van der Waals surface area (Å²) in [5.41, 5.74) is 0. The lowest BCUT2D eigenvalue weighted by molar-refractivity contribution is 0.00899. The molecule has 1 aromatic rings. The first-order valence-corrected chi connectivity index (χ1v) is 6.94. The van der Waals surface area contributed by atoms with Crippen LogP contribution in [0.1, 0.15) is 4.88 Å². The second-order valence-corrected chi connectivity index (χ2v) is 5.33. The summed E-state index contributed by atoms with van der Waals surface area (Å²) in [5, 5.41) is 15.2. The highest BCUT2D eigenvalue weighted by Crippen LogP contribution is 2.09. The van der Waals surface area contributed by atoms with Gasteiger partial charge in [0.05, 0.1) is 19.3 Å². The Morgan fingerprint density at radius 3 is 3.00 bits per heavy atom. The zero-order valence-electron chi connectivity index (χ0n) is 9.97. The largest absolute Gasteiger partial charge is 0.389 e. The van der Waals surface area contributed by atoms with Gasteiger partial charge in [0, 0.05) is 37.6 Å². The molecule has 0 bridgehead atoms. The van der Waals surface area contributed by atoms with Crippen molar-refractivity contribution in [3.05, 3.63) is 22.4 Å². The quantitative estimate of drug-likeness (QED) is 0.779. The molecule has 1 fully saturated rings. The number of ether oxygens (including phenoxy) is 1. The van der Waals surface area contributed by atoms with Crippen LogP contribution < -0.4 is 5.32 Å². The van der Waals surface area contributed by atoms with E-state index in [0.29, 0.717) is 19.8 Å². The van der Waals surface area contributed by atoms with Gasteiger partial charge in [-0.1, -0.05) is 6.07 Å². The molecule has 0 aliphatic carbocycles. The van der Waals surface area contributed by atoms with Gasteiger partial charge in [-0.15, -0.1) is 11.3 Å². The zero-order valence-corrected chi connectivity index (χ0v) is 10.8. The fraction of sp³-hybridized carbons (Fsp3) is 0.667. The molecule has 2 N–H and O–H groups in total. The molecular formula is C12H20N2O2S. The number of nitrogens with one attached hydrogen (secondary N) is 1. The van der Waals surface area contributed by atoms with Gasteiger partial charge in [0.15, 0.2) is 0 Å². The van der Waals surface area contributed by atoms with Crippen molar-refractivity contribution in [2.45, 2.75) is 12.7 Å². The third-order valence-corrected chi connectivity index (χ3v) is 3.66. The van der Waals surface area contributed by atoms with E-state index in [1.807, 2.05) is 17.5 Å². The van der Waals surface area contributed by atoms with E-state index in [1.165, 1.54) is 4.88 Å². The van der Waals surface area contributed by atoms with Crippen LogP contribution in [0.15, 0.2) is 17.5 Å². The summed E-state index contributed by atoms with van der Waals surface area (Å²) in [6.45, 7) is 5.81.